The van der Waals surface area contributed by atoms with Gasteiger partial charge in [-0.1, -0.05) is 11.6 Å². The Morgan fingerprint density at radius 2 is 2.28 bits per heavy atom. The van der Waals surface area contributed by atoms with Crippen LogP contribution in [0.3, 0.4) is 0 Å². The molecule has 1 aliphatic heterocycles. The molecule has 1 atom stereocenters. The highest BCUT2D eigenvalue weighted by Crippen LogP contribution is 2.20. The Labute approximate surface area is 145 Å². The number of aryl methyl sites for hydroxylation is 2. The molecule has 6 heteroatoms. The summed E-state index contributed by atoms with van der Waals surface area (Å²) in [6.07, 6.45) is 4.62. The molecule has 0 amide bonds. The largest absolute Gasteiger partial charge is 0.379 e. The van der Waals surface area contributed by atoms with E-state index >= 15 is 0 Å². The molecule has 2 N–H and O–H groups in total. The zero-order valence-corrected chi connectivity index (χ0v) is 14.3. The maximum absolute atomic E-state index is 12.5. The first-order chi connectivity index (χ1) is 12.2. The molecule has 0 bridgehead atoms. The number of ether oxygens (including phenoxy) is 1. The van der Waals surface area contributed by atoms with E-state index in [1.807, 2.05) is 35.9 Å². The Morgan fingerprint density at radius 3 is 3.12 bits per heavy atom. The average molecular weight is 338 g/mol. The van der Waals surface area contributed by atoms with Crippen LogP contribution < -0.4 is 10.9 Å². The summed E-state index contributed by atoms with van der Waals surface area (Å²) in [5.41, 5.74) is 2.51. The number of nitrogens with one attached hydrogen (secondary N) is 2. The lowest BCUT2D eigenvalue weighted by Crippen LogP contribution is -2.41. The second kappa shape index (κ2) is 6.82. The van der Waals surface area contributed by atoms with Gasteiger partial charge in [0.05, 0.1) is 18.8 Å². The van der Waals surface area contributed by atoms with Gasteiger partial charge in [0.15, 0.2) is 0 Å². The number of benzene rings is 1. The van der Waals surface area contributed by atoms with Crippen molar-refractivity contribution in [2.75, 3.05) is 19.8 Å². The molecule has 3 aromatic rings. The van der Waals surface area contributed by atoms with E-state index in [-0.39, 0.29) is 5.56 Å². The van der Waals surface area contributed by atoms with Gasteiger partial charge >= 0.3 is 0 Å². The Hall–Kier alpha value is -2.44. The highest BCUT2D eigenvalue weighted by Gasteiger charge is 2.15. The molecule has 130 valence electrons. The number of nitrogens with zero attached hydrogens (tertiary/aromatic N) is 2. The monoisotopic (exact) mass is 338 g/mol. The minimum Gasteiger partial charge on any atom is -0.379 e. The van der Waals surface area contributed by atoms with Gasteiger partial charge in [-0.2, -0.15) is 0 Å². The first kappa shape index (κ1) is 16.1. The van der Waals surface area contributed by atoms with Crippen molar-refractivity contribution in [2.24, 2.45) is 0 Å². The van der Waals surface area contributed by atoms with E-state index in [2.05, 4.69) is 21.4 Å². The number of imidazole rings is 1. The number of rotatable bonds is 4. The third-order valence-electron chi connectivity index (χ3n) is 4.67. The van der Waals surface area contributed by atoms with Crippen LogP contribution in [0.25, 0.3) is 22.3 Å². The topological polar surface area (TPSA) is 71.9 Å². The summed E-state index contributed by atoms with van der Waals surface area (Å²) in [5, 5.41) is 4.48. The number of pyridine rings is 1. The second-order valence-electron chi connectivity index (χ2n) is 6.56. The minimum absolute atomic E-state index is 0.108. The Bertz CT molecular complexity index is 938. The molecule has 0 spiro atoms. The van der Waals surface area contributed by atoms with Gasteiger partial charge in [0.25, 0.3) is 5.56 Å². The molecule has 3 heterocycles. The summed E-state index contributed by atoms with van der Waals surface area (Å²) in [6, 6.07) is 8.30. The molecule has 1 aromatic carbocycles. The number of H-pyrrole nitrogens is 1. The molecule has 4 rings (SSSR count). The molecule has 1 unspecified atom stereocenters. The van der Waals surface area contributed by atoms with Crippen LogP contribution in [0.15, 0.2) is 41.5 Å². The number of aromatic nitrogens is 3. The highest BCUT2D eigenvalue weighted by atomic mass is 16.5. The SMILES string of the molecule is Cc1ccc2[nH]c(=O)c(-c3nccn3CCC3COCCN3)cc2c1. The fourth-order valence-corrected chi connectivity index (χ4v) is 3.33. The molecule has 0 saturated carbocycles. The summed E-state index contributed by atoms with van der Waals surface area (Å²) >= 11 is 0. The standard InChI is InChI=1S/C19H22N4O2/c1-13-2-3-17-14(10-13)11-16(19(24)22-17)18-21-5-8-23(18)7-4-15-12-25-9-6-20-15/h2-3,5,8,10-11,15,20H,4,6-7,9,12H2,1H3,(H,22,24). The predicted octanol–water partition coefficient (Wildman–Crippen LogP) is 2.08. The zero-order chi connectivity index (χ0) is 17.2. The Balaban J connectivity index is 1.63. The van der Waals surface area contributed by atoms with Crippen LogP contribution in [-0.2, 0) is 11.3 Å². The van der Waals surface area contributed by atoms with Gasteiger partial charge < -0.3 is 19.6 Å². The molecule has 0 aliphatic carbocycles. The van der Waals surface area contributed by atoms with Gasteiger partial charge in [-0.25, -0.2) is 4.98 Å². The first-order valence-corrected chi connectivity index (χ1v) is 8.67. The van der Waals surface area contributed by atoms with E-state index in [4.69, 9.17) is 4.74 Å². The average Bonchev–Trinajstić information content (AvgIpc) is 3.09. The number of fused-ring (bicyclic) bond motifs is 1. The molecular weight excluding hydrogens is 316 g/mol. The maximum atomic E-state index is 12.5. The smallest absolute Gasteiger partial charge is 0.259 e. The lowest BCUT2D eigenvalue weighted by molar-refractivity contribution is 0.0728. The van der Waals surface area contributed by atoms with Crippen molar-refractivity contribution >= 4 is 10.9 Å². The quantitative estimate of drug-likeness (QED) is 0.764. The third-order valence-corrected chi connectivity index (χ3v) is 4.67. The van der Waals surface area contributed by atoms with Crippen molar-refractivity contribution in [1.82, 2.24) is 19.9 Å². The van der Waals surface area contributed by atoms with E-state index in [0.29, 0.717) is 17.4 Å². The second-order valence-corrected chi connectivity index (χ2v) is 6.56. The molecule has 0 radical (unpaired) electrons. The van der Waals surface area contributed by atoms with Crippen molar-refractivity contribution in [2.45, 2.75) is 25.9 Å². The van der Waals surface area contributed by atoms with E-state index in [1.165, 1.54) is 0 Å². The van der Waals surface area contributed by atoms with E-state index in [0.717, 1.165) is 49.2 Å². The fourth-order valence-electron chi connectivity index (χ4n) is 3.33. The van der Waals surface area contributed by atoms with Crippen molar-refractivity contribution in [3.63, 3.8) is 0 Å². The lowest BCUT2D eigenvalue weighted by Gasteiger charge is -2.24. The van der Waals surface area contributed by atoms with Crippen LogP contribution in [0.2, 0.25) is 0 Å². The Kier molecular flexibility index (Phi) is 4.38. The molecule has 2 aromatic heterocycles. The van der Waals surface area contributed by atoms with Crippen molar-refractivity contribution in [3.8, 4) is 11.4 Å². The number of hydrogen-bond donors (Lipinski definition) is 2. The van der Waals surface area contributed by atoms with Gasteiger partial charge in [-0.3, -0.25) is 4.79 Å². The van der Waals surface area contributed by atoms with Crippen LogP contribution in [0.4, 0.5) is 0 Å². The molecule has 6 nitrogen and oxygen atoms in total. The highest BCUT2D eigenvalue weighted by molar-refractivity contribution is 5.83. The van der Waals surface area contributed by atoms with E-state index in [9.17, 15) is 4.79 Å². The normalized spacial score (nSPS) is 17.9. The van der Waals surface area contributed by atoms with Crippen LogP contribution in [-0.4, -0.2) is 40.3 Å². The first-order valence-electron chi connectivity index (χ1n) is 8.67. The number of aromatic amines is 1. The predicted molar refractivity (Wildman–Crippen MR) is 97.8 cm³/mol. The summed E-state index contributed by atoms with van der Waals surface area (Å²) in [4.78, 5) is 19.9. The van der Waals surface area contributed by atoms with Gasteiger partial charge in [0.2, 0.25) is 0 Å². The van der Waals surface area contributed by atoms with Gasteiger partial charge in [0, 0.05) is 37.0 Å². The minimum atomic E-state index is -0.108. The Morgan fingerprint density at radius 1 is 1.36 bits per heavy atom. The van der Waals surface area contributed by atoms with Gasteiger partial charge in [-0.15, -0.1) is 0 Å². The molecule has 1 aliphatic rings. The van der Waals surface area contributed by atoms with E-state index in [1.54, 1.807) is 6.20 Å². The molecular formula is C19H22N4O2. The molecule has 1 saturated heterocycles. The van der Waals surface area contributed by atoms with Gasteiger partial charge in [0.1, 0.15) is 5.82 Å². The van der Waals surface area contributed by atoms with Crippen molar-refractivity contribution in [3.05, 3.63) is 52.6 Å². The van der Waals surface area contributed by atoms with Crippen molar-refractivity contribution < 1.29 is 4.74 Å². The lowest BCUT2D eigenvalue weighted by atomic mass is 10.1. The molecule has 1 fully saturated rings. The van der Waals surface area contributed by atoms with E-state index < -0.39 is 0 Å². The summed E-state index contributed by atoms with van der Waals surface area (Å²) in [6.45, 7) is 5.25. The van der Waals surface area contributed by atoms with Crippen LogP contribution in [0.5, 0.6) is 0 Å². The van der Waals surface area contributed by atoms with Crippen LogP contribution >= 0.6 is 0 Å². The van der Waals surface area contributed by atoms with Crippen LogP contribution in [0.1, 0.15) is 12.0 Å². The number of hydrogen-bond acceptors (Lipinski definition) is 4. The summed E-state index contributed by atoms with van der Waals surface area (Å²) in [5.74, 6) is 0.710. The third kappa shape index (κ3) is 3.36. The van der Waals surface area contributed by atoms with Gasteiger partial charge in [-0.05, 0) is 36.9 Å². The number of morpholine rings is 1. The van der Waals surface area contributed by atoms with Crippen molar-refractivity contribution in [1.29, 1.82) is 0 Å². The van der Waals surface area contributed by atoms with Crippen LogP contribution in [0, 0.1) is 6.92 Å². The molecule has 25 heavy (non-hydrogen) atoms. The summed E-state index contributed by atoms with van der Waals surface area (Å²) in [7, 11) is 0. The zero-order valence-electron chi connectivity index (χ0n) is 14.3. The summed E-state index contributed by atoms with van der Waals surface area (Å²) < 4.78 is 7.55. The maximum Gasteiger partial charge on any atom is 0.259 e. The fraction of sp³-hybridized carbons (Fsp3) is 0.368.